The molecule has 2 aromatic heterocycles. The molecule has 3 heterocycles. The highest BCUT2D eigenvalue weighted by Crippen LogP contribution is 2.55. The number of halogens is 1. The number of hydrogen-bond acceptors (Lipinski definition) is 3. The molecule has 1 nitrogen and oxygen atoms in total. The summed E-state index contributed by atoms with van der Waals surface area (Å²) in [7, 11) is 0. The zero-order chi connectivity index (χ0) is 31.4. The lowest BCUT2D eigenvalue weighted by Gasteiger charge is -2.39. The first-order valence-corrected chi connectivity index (χ1v) is 20.5. The quantitative estimate of drug-likeness (QED) is 0.119. The predicted molar refractivity (Wildman–Crippen MR) is 198 cm³/mol. The Kier molecular flexibility index (Phi) is 16.2. The lowest BCUT2D eigenvalue weighted by Crippen LogP contribution is -2.36. The van der Waals surface area contributed by atoms with Gasteiger partial charge in [0.05, 0.1) is 13.5 Å². The number of hydrogen-bond donors (Lipinski definition) is 0. The Bertz CT molecular complexity index is 1000. The predicted octanol–water partition coefficient (Wildman–Crippen LogP) is 14.9. The Balaban J connectivity index is 1.56. The minimum absolute atomic E-state index is 0.192. The first-order chi connectivity index (χ1) is 20.5. The number of rotatable bonds is 22. The van der Waals surface area contributed by atoms with Gasteiger partial charge >= 0.3 is 0 Å². The highest BCUT2D eigenvalue weighted by Gasteiger charge is 2.42. The third kappa shape index (κ3) is 12.4. The molecule has 0 aromatic carbocycles. The molecule has 1 aliphatic rings. The van der Waals surface area contributed by atoms with Gasteiger partial charge in [-0.05, 0) is 94.6 Å². The van der Waals surface area contributed by atoms with Crippen molar-refractivity contribution in [3.63, 3.8) is 0 Å². The van der Waals surface area contributed by atoms with E-state index >= 15 is 0 Å². The second-order valence-electron chi connectivity index (χ2n) is 15.5. The van der Waals surface area contributed by atoms with Gasteiger partial charge in [0.25, 0.3) is 0 Å². The Labute approximate surface area is 283 Å². The van der Waals surface area contributed by atoms with Crippen molar-refractivity contribution in [3.8, 4) is 15.5 Å². The summed E-state index contributed by atoms with van der Waals surface area (Å²) < 4.78 is 8.35. The summed E-state index contributed by atoms with van der Waals surface area (Å²) in [5, 5.41) is 2.22. The van der Waals surface area contributed by atoms with Gasteiger partial charge in [-0.25, -0.2) is 0 Å². The molecule has 4 atom stereocenters. The molecule has 3 rings (SSSR count). The van der Waals surface area contributed by atoms with Crippen LogP contribution >= 0.6 is 38.6 Å². The molecule has 0 spiro atoms. The van der Waals surface area contributed by atoms with E-state index in [1.165, 1.54) is 109 Å². The van der Waals surface area contributed by atoms with Gasteiger partial charge in [-0.1, -0.05) is 132 Å². The van der Waals surface area contributed by atoms with Crippen LogP contribution in [0.15, 0.2) is 21.3 Å². The summed E-state index contributed by atoms with van der Waals surface area (Å²) in [6, 6.07) is 4.62. The lowest BCUT2D eigenvalue weighted by atomic mass is 9.78. The molecular weight excluding hydrogens is 628 g/mol. The summed E-state index contributed by atoms with van der Waals surface area (Å²) >= 11 is 7.60. The third-order valence-corrected chi connectivity index (χ3v) is 12.9. The molecule has 0 radical (unpaired) electrons. The normalized spacial score (nSPS) is 19.2. The van der Waals surface area contributed by atoms with Crippen LogP contribution in [0.1, 0.15) is 164 Å². The van der Waals surface area contributed by atoms with Crippen LogP contribution in [-0.2, 0) is 5.60 Å². The van der Waals surface area contributed by atoms with Gasteiger partial charge in [0.15, 0.2) is 0 Å². The van der Waals surface area contributed by atoms with Gasteiger partial charge in [-0.3, -0.25) is 0 Å². The number of fused-ring (bicyclic) bond motifs is 3. The molecule has 4 heteroatoms. The molecule has 246 valence electrons. The Morgan fingerprint density at radius 1 is 0.628 bits per heavy atom. The fourth-order valence-corrected chi connectivity index (χ4v) is 9.76. The van der Waals surface area contributed by atoms with Crippen LogP contribution in [0.5, 0.6) is 5.75 Å². The highest BCUT2D eigenvalue weighted by atomic mass is 79.9. The van der Waals surface area contributed by atoms with E-state index in [1.54, 1.807) is 0 Å². The van der Waals surface area contributed by atoms with Gasteiger partial charge in [0.1, 0.15) is 11.4 Å². The van der Waals surface area contributed by atoms with Crippen LogP contribution in [0.2, 0.25) is 0 Å². The Morgan fingerprint density at radius 2 is 1.07 bits per heavy atom. The van der Waals surface area contributed by atoms with Gasteiger partial charge in [-0.15, -0.1) is 22.7 Å². The zero-order valence-electron chi connectivity index (χ0n) is 29.1. The van der Waals surface area contributed by atoms with Crippen LogP contribution in [0, 0.1) is 35.5 Å². The molecule has 4 unspecified atom stereocenters. The molecule has 0 aliphatic carbocycles. The molecule has 0 saturated carbocycles. The highest BCUT2D eigenvalue weighted by molar-refractivity contribution is 9.11. The van der Waals surface area contributed by atoms with Gasteiger partial charge in [-0.2, -0.15) is 0 Å². The molecule has 0 fully saturated rings. The fourth-order valence-electron chi connectivity index (χ4n) is 7.09. The molecule has 0 bridgehead atoms. The maximum absolute atomic E-state index is 7.11. The van der Waals surface area contributed by atoms with Crippen molar-refractivity contribution in [2.75, 3.05) is 0 Å². The van der Waals surface area contributed by atoms with E-state index in [1.807, 2.05) is 22.7 Å². The van der Waals surface area contributed by atoms with Crippen molar-refractivity contribution < 1.29 is 4.74 Å². The lowest BCUT2D eigenvalue weighted by molar-refractivity contribution is 0.0323. The van der Waals surface area contributed by atoms with Crippen LogP contribution < -0.4 is 4.74 Å². The largest absolute Gasteiger partial charge is 0.481 e. The molecule has 0 amide bonds. The van der Waals surface area contributed by atoms with Gasteiger partial charge in [0.2, 0.25) is 0 Å². The van der Waals surface area contributed by atoms with Crippen LogP contribution in [0.4, 0.5) is 0 Å². The molecule has 0 N–H and O–H groups in total. The van der Waals surface area contributed by atoms with E-state index in [4.69, 9.17) is 4.74 Å². The van der Waals surface area contributed by atoms with Crippen molar-refractivity contribution in [2.45, 2.75) is 164 Å². The van der Waals surface area contributed by atoms with Gasteiger partial charge < -0.3 is 4.74 Å². The van der Waals surface area contributed by atoms with E-state index in [9.17, 15) is 0 Å². The monoisotopic (exact) mass is 692 g/mol. The number of ether oxygens (including phenoxy) is 1. The SMILES string of the molecule is CC(C)CCCC(C)CCCC(C)CCC1(CCC(C)CCCC(C)CCCC(C)C)Oc2ccsc2-c2sc(Br)cc21. The molecule has 1 aliphatic heterocycles. The van der Waals surface area contributed by atoms with E-state index < -0.39 is 0 Å². The first kappa shape index (κ1) is 37.1. The second-order valence-corrected chi connectivity index (χ2v) is 18.9. The third-order valence-electron chi connectivity index (χ3n) is 10.2. The summed E-state index contributed by atoms with van der Waals surface area (Å²) in [5.41, 5.74) is 1.26. The molecule has 2 aromatic rings. The molecule has 43 heavy (non-hydrogen) atoms. The standard InChI is InChI=1S/C39H65BrOS2/c1-28(2)13-9-15-30(5)17-11-19-32(7)21-24-39(25-22-33(8)20-12-18-31(6)16-10-14-29(3)4)34-27-36(40)43-37(34)38-35(41-39)23-26-42-38/h23,26-33H,9-22,24-25H2,1-8H3. The number of thiophene rings is 2. The maximum atomic E-state index is 7.11. The first-order valence-electron chi connectivity index (χ1n) is 18.1. The average Bonchev–Trinajstić information content (AvgIpc) is 3.56. The van der Waals surface area contributed by atoms with Crippen molar-refractivity contribution >= 4 is 38.6 Å². The van der Waals surface area contributed by atoms with Crippen molar-refractivity contribution in [2.24, 2.45) is 35.5 Å². The van der Waals surface area contributed by atoms with Crippen LogP contribution in [0.25, 0.3) is 9.75 Å². The summed E-state index contributed by atoms with van der Waals surface area (Å²) in [6.45, 7) is 19.3. The minimum Gasteiger partial charge on any atom is -0.481 e. The van der Waals surface area contributed by atoms with Crippen LogP contribution in [-0.4, -0.2) is 0 Å². The molecule has 0 saturated heterocycles. The summed E-state index contributed by atoms with van der Waals surface area (Å²) in [4.78, 5) is 2.79. The fraction of sp³-hybridized carbons (Fsp3) is 0.795. The van der Waals surface area contributed by atoms with Crippen molar-refractivity contribution in [3.05, 3.63) is 26.9 Å². The van der Waals surface area contributed by atoms with E-state index in [0.717, 1.165) is 54.1 Å². The van der Waals surface area contributed by atoms with E-state index in [0.29, 0.717) is 0 Å². The van der Waals surface area contributed by atoms with Crippen LogP contribution in [0.3, 0.4) is 0 Å². The smallest absolute Gasteiger partial charge is 0.140 e. The van der Waals surface area contributed by atoms with Gasteiger partial charge in [0, 0.05) is 5.56 Å². The second kappa shape index (κ2) is 18.7. The maximum Gasteiger partial charge on any atom is 0.140 e. The average molecular weight is 694 g/mol. The molecular formula is C39H65BrOS2. The van der Waals surface area contributed by atoms with Crippen molar-refractivity contribution in [1.29, 1.82) is 0 Å². The zero-order valence-corrected chi connectivity index (χ0v) is 32.3. The minimum atomic E-state index is -0.192. The summed E-state index contributed by atoms with van der Waals surface area (Å²) in [6.07, 6.45) is 21.3. The van der Waals surface area contributed by atoms with E-state index in [-0.39, 0.29) is 5.60 Å². The van der Waals surface area contributed by atoms with E-state index in [2.05, 4.69) is 88.8 Å². The summed E-state index contributed by atoms with van der Waals surface area (Å²) in [5.74, 6) is 6.02. The Morgan fingerprint density at radius 3 is 1.53 bits per heavy atom. The Hall–Kier alpha value is -0.320. The van der Waals surface area contributed by atoms with Crippen molar-refractivity contribution in [1.82, 2.24) is 0 Å². The topological polar surface area (TPSA) is 9.23 Å².